The van der Waals surface area contributed by atoms with Crippen LogP contribution in [0, 0.1) is 11.3 Å². The van der Waals surface area contributed by atoms with Crippen molar-refractivity contribution in [3.8, 4) is 6.07 Å². The Morgan fingerprint density at radius 2 is 1.94 bits per heavy atom. The van der Waals surface area contributed by atoms with Crippen molar-refractivity contribution in [1.82, 2.24) is 4.98 Å². The second-order valence-corrected chi connectivity index (χ2v) is 3.36. The lowest BCUT2D eigenvalue weighted by molar-refractivity contribution is 1.05. The van der Waals surface area contributed by atoms with Gasteiger partial charge in [-0.25, -0.2) is 0 Å². The van der Waals surface area contributed by atoms with Crippen molar-refractivity contribution in [2.45, 2.75) is 6.54 Å². The van der Waals surface area contributed by atoms with Crippen molar-refractivity contribution in [2.24, 2.45) is 0 Å². The lowest BCUT2D eigenvalue weighted by Crippen LogP contribution is -2.00. The summed E-state index contributed by atoms with van der Waals surface area (Å²) in [7, 11) is 0. The van der Waals surface area contributed by atoms with Gasteiger partial charge in [-0.05, 0) is 36.4 Å². The number of rotatable bonds is 3. The zero-order chi connectivity index (χ0) is 11.2. The standard InChI is InChI=1S/C13H11N3/c14-9-11-4-6-12(7-5-11)16-10-13-3-1-2-8-15-13/h1-8,16H,10H2. The highest BCUT2D eigenvalue weighted by molar-refractivity contribution is 5.47. The lowest BCUT2D eigenvalue weighted by Gasteiger charge is -2.05. The van der Waals surface area contributed by atoms with Gasteiger partial charge in [0.25, 0.3) is 0 Å². The minimum Gasteiger partial charge on any atom is -0.379 e. The molecule has 0 bridgehead atoms. The van der Waals surface area contributed by atoms with Gasteiger partial charge in [0.05, 0.1) is 23.9 Å². The first-order chi connectivity index (χ1) is 7.88. The Hall–Kier alpha value is -2.34. The minimum absolute atomic E-state index is 0.670. The van der Waals surface area contributed by atoms with E-state index in [9.17, 15) is 0 Å². The van der Waals surface area contributed by atoms with E-state index < -0.39 is 0 Å². The Morgan fingerprint density at radius 1 is 1.12 bits per heavy atom. The average molecular weight is 209 g/mol. The summed E-state index contributed by atoms with van der Waals surface area (Å²) in [5.74, 6) is 0. The van der Waals surface area contributed by atoms with Crippen LogP contribution >= 0.6 is 0 Å². The normalized spacial score (nSPS) is 9.44. The quantitative estimate of drug-likeness (QED) is 0.845. The smallest absolute Gasteiger partial charge is 0.0991 e. The second kappa shape index (κ2) is 4.94. The first-order valence-electron chi connectivity index (χ1n) is 5.02. The summed E-state index contributed by atoms with van der Waals surface area (Å²) in [6, 6.07) is 15.3. The van der Waals surface area contributed by atoms with Crippen LogP contribution in [0.15, 0.2) is 48.7 Å². The zero-order valence-electron chi connectivity index (χ0n) is 8.72. The van der Waals surface area contributed by atoms with Gasteiger partial charge in [0.2, 0.25) is 0 Å². The van der Waals surface area contributed by atoms with Crippen LogP contribution < -0.4 is 5.32 Å². The third kappa shape index (κ3) is 2.58. The molecule has 0 aliphatic heterocycles. The second-order valence-electron chi connectivity index (χ2n) is 3.36. The molecular formula is C13H11N3. The van der Waals surface area contributed by atoms with E-state index in [4.69, 9.17) is 5.26 Å². The van der Waals surface area contributed by atoms with E-state index >= 15 is 0 Å². The SMILES string of the molecule is N#Cc1ccc(NCc2ccccn2)cc1. The summed E-state index contributed by atoms with van der Waals surface area (Å²) in [5, 5.41) is 11.9. The maximum Gasteiger partial charge on any atom is 0.0991 e. The first-order valence-corrected chi connectivity index (χ1v) is 5.02. The van der Waals surface area contributed by atoms with Crippen LogP contribution in [-0.4, -0.2) is 4.98 Å². The highest BCUT2D eigenvalue weighted by atomic mass is 14.9. The maximum atomic E-state index is 8.66. The van der Waals surface area contributed by atoms with Crippen LogP contribution in [0.25, 0.3) is 0 Å². The van der Waals surface area contributed by atoms with Crippen LogP contribution in [0.5, 0.6) is 0 Å². The predicted molar refractivity (Wildman–Crippen MR) is 62.7 cm³/mol. The summed E-state index contributed by atoms with van der Waals surface area (Å²) in [6.07, 6.45) is 1.77. The number of hydrogen-bond acceptors (Lipinski definition) is 3. The molecule has 0 radical (unpaired) electrons. The maximum absolute atomic E-state index is 8.66. The number of benzene rings is 1. The third-order valence-corrected chi connectivity index (χ3v) is 2.21. The highest BCUT2D eigenvalue weighted by Crippen LogP contribution is 2.09. The molecule has 0 saturated carbocycles. The number of pyridine rings is 1. The van der Waals surface area contributed by atoms with Crippen LogP contribution in [-0.2, 0) is 6.54 Å². The van der Waals surface area contributed by atoms with Gasteiger partial charge in [0.1, 0.15) is 0 Å². The largest absolute Gasteiger partial charge is 0.379 e. The summed E-state index contributed by atoms with van der Waals surface area (Å²) in [5.41, 5.74) is 2.65. The Balaban J connectivity index is 1.98. The average Bonchev–Trinajstić information content (AvgIpc) is 2.38. The van der Waals surface area contributed by atoms with E-state index in [1.54, 1.807) is 18.3 Å². The van der Waals surface area contributed by atoms with Gasteiger partial charge in [-0.3, -0.25) is 4.98 Å². The van der Waals surface area contributed by atoms with Crippen LogP contribution in [0.4, 0.5) is 5.69 Å². The van der Waals surface area contributed by atoms with E-state index in [1.165, 1.54) is 0 Å². The molecule has 78 valence electrons. The monoisotopic (exact) mass is 209 g/mol. The number of hydrogen-bond donors (Lipinski definition) is 1. The Morgan fingerprint density at radius 3 is 2.56 bits per heavy atom. The highest BCUT2D eigenvalue weighted by Gasteiger charge is 1.94. The van der Waals surface area contributed by atoms with Crippen LogP contribution in [0.3, 0.4) is 0 Å². The molecule has 0 atom stereocenters. The molecule has 0 spiro atoms. The van der Waals surface area contributed by atoms with Gasteiger partial charge in [-0.15, -0.1) is 0 Å². The molecule has 16 heavy (non-hydrogen) atoms. The number of anilines is 1. The van der Waals surface area contributed by atoms with E-state index in [0.717, 1.165) is 11.4 Å². The molecule has 1 heterocycles. The van der Waals surface area contributed by atoms with Crippen molar-refractivity contribution >= 4 is 5.69 Å². The number of nitrogens with one attached hydrogen (secondary N) is 1. The van der Waals surface area contributed by atoms with Gasteiger partial charge in [-0.2, -0.15) is 5.26 Å². The minimum atomic E-state index is 0.670. The predicted octanol–water partition coefficient (Wildman–Crippen LogP) is 2.57. The topological polar surface area (TPSA) is 48.7 Å². The molecule has 0 fully saturated rings. The van der Waals surface area contributed by atoms with E-state index in [-0.39, 0.29) is 0 Å². The van der Waals surface area contributed by atoms with Gasteiger partial charge in [0, 0.05) is 11.9 Å². The molecule has 3 heteroatoms. The molecule has 1 N–H and O–H groups in total. The molecule has 3 nitrogen and oxygen atoms in total. The Kier molecular flexibility index (Phi) is 3.15. The molecule has 0 amide bonds. The van der Waals surface area contributed by atoms with Crippen LogP contribution in [0.2, 0.25) is 0 Å². The van der Waals surface area contributed by atoms with E-state index in [2.05, 4.69) is 16.4 Å². The number of nitrogens with zero attached hydrogens (tertiary/aromatic N) is 2. The summed E-state index contributed by atoms with van der Waals surface area (Å²) in [4.78, 5) is 4.21. The number of aromatic nitrogens is 1. The summed E-state index contributed by atoms with van der Waals surface area (Å²) >= 11 is 0. The van der Waals surface area contributed by atoms with Crippen molar-refractivity contribution in [3.63, 3.8) is 0 Å². The first kappa shape index (κ1) is 10.2. The Labute approximate surface area is 94.4 Å². The van der Waals surface area contributed by atoms with Crippen molar-refractivity contribution in [2.75, 3.05) is 5.32 Å². The molecule has 1 aromatic heterocycles. The van der Waals surface area contributed by atoms with Crippen molar-refractivity contribution < 1.29 is 0 Å². The molecular weight excluding hydrogens is 198 g/mol. The zero-order valence-corrected chi connectivity index (χ0v) is 8.72. The third-order valence-electron chi connectivity index (χ3n) is 2.21. The molecule has 0 unspecified atom stereocenters. The van der Waals surface area contributed by atoms with Gasteiger partial charge < -0.3 is 5.32 Å². The van der Waals surface area contributed by atoms with E-state index in [0.29, 0.717) is 12.1 Å². The Bertz CT molecular complexity index is 483. The number of nitriles is 1. The van der Waals surface area contributed by atoms with Gasteiger partial charge in [0.15, 0.2) is 0 Å². The van der Waals surface area contributed by atoms with Crippen molar-refractivity contribution in [1.29, 1.82) is 5.26 Å². The van der Waals surface area contributed by atoms with Crippen LogP contribution in [0.1, 0.15) is 11.3 Å². The summed E-state index contributed by atoms with van der Waals surface area (Å²) < 4.78 is 0. The lowest BCUT2D eigenvalue weighted by atomic mass is 10.2. The van der Waals surface area contributed by atoms with Gasteiger partial charge >= 0.3 is 0 Å². The van der Waals surface area contributed by atoms with Gasteiger partial charge in [-0.1, -0.05) is 6.07 Å². The van der Waals surface area contributed by atoms with Crippen molar-refractivity contribution in [3.05, 3.63) is 59.9 Å². The summed E-state index contributed by atoms with van der Waals surface area (Å²) in [6.45, 7) is 0.687. The fourth-order valence-corrected chi connectivity index (χ4v) is 1.36. The molecule has 0 saturated heterocycles. The molecule has 2 aromatic rings. The molecule has 2 rings (SSSR count). The van der Waals surface area contributed by atoms with E-state index in [1.807, 2.05) is 30.3 Å². The fraction of sp³-hybridized carbons (Fsp3) is 0.0769. The molecule has 0 aliphatic rings. The molecule has 1 aromatic carbocycles. The molecule has 0 aliphatic carbocycles. The fourth-order valence-electron chi connectivity index (χ4n) is 1.36.